The maximum atomic E-state index is 13.5. The van der Waals surface area contributed by atoms with Crippen LogP contribution in [-0.4, -0.2) is 66.2 Å². The van der Waals surface area contributed by atoms with Crippen LogP contribution in [0.25, 0.3) is 0 Å². The van der Waals surface area contributed by atoms with Crippen LogP contribution in [0.1, 0.15) is 36.1 Å². The molecule has 1 N–H and O–H groups in total. The van der Waals surface area contributed by atoms with Gasteiger partial charge in [-0.25, -0.2) is 9.79 Å². The van der Waals surface area contributed by atoms with Crippen molar-refractivity contribution < 1.29 is 19.1 Å². The van der Waals surface area contributed by atoms with Crippen LogP contribution in [0.3, 0.4) is 0 Å². The summed E-state index contributed by atoms with van der Waals surface area (Å²) < 4.78 is 11.2. The fourth-order valence-electron chi connectivity index (χ4n) is 4.90. The molecule has 8 nitrogen and oxygen atoms in total. The Kier molecular flexibility index (Phi) is 8.81. The Hall–Kier alpha value is -3.40. The fraction of sp³-hybridized carbons (Fsp3) is 0.367. The van der Waals surface area contributed by atoms with Gasteiger partial charge in [-0.3, -0.25) is 9.69 Å². The van der Waals surface area contributed by atoms with Crippen LogP contribution in [0, 0.1) is 6.92 Å². The van der Waals surface area contributed by atoms with E-state index in [4.69, 9.17) is 14.5 Å². The molecule has 2 aromatic carbocycles. The van der Waals surface area contributed by atoms with Crippen molar-refractivity contribution in [1.82, 2.24) is 15.1 Å². The minimum atomic E-state index is -0.441. The van der Waals surface area contributed by atoms with Crippen molar-refractivity contribution in [2.75, 3.05) is 39.4 Å². The van der Waals surface area contributed by atoms with E-state index in [0.717, 1.165) is 60.4 Å². The number of nitrogens with one attached hydrogen (secondary N) is 1. The van der Waals surface area contributed by atoms with E-state index in [0.29, 0.717) is 17.8 Å². The summed E-state index contributed by atoms with van der Waals surface area (Å²) in [6, 6.07) is 17.3. The third-order valence-corrected chi connectivity index (χ3v) is 7.91. The molecule has 0 spiro atoms. The highest BCUT2D eigenvalue weighted by molar-refractivity contribution is 8.16. The minimum absolute atomic E-state index is 0.0569. The molecule has 1 unspecified atom stereocenters. The molecule has 0 radical (unpaired) electrons. The van der Waals surface area contributed by atoms with E-state index in [2.05, 4.69) is 10.2 Å². The lowest BCUT2D eigenvalue weighted by Crippen LogP contribution is -2.42. The number of rotatable bonds is 9. The number of ether oxygens (including phenoxy) is 2. The summed E-state index contributed by atoms with van der Waals surface area (Å²) in [6.07, 6.45) is 0.197. The number of hydrogen-bond donors (Lipinski definition) is 1. The number of esters is 1. The first-order chi connectivity index (χ1) is 19.0. The largest absolute Gasteiger partial charge is 0.457 e. The second kappa shape index (κ2) is 12.6. The summed E-state index contributed by atoms with van der Waals surface area (Å²) in [7, 11) is 0. The van der Waals surface area contributed by atoms with E-state index in [9.17, 15) is 9.59 Å². The lowest BCUT2D eigenvalue weighted by Gasteiger charge is -2.36. The number of benzene rings is 2. The maximum Gasteiger partial charge on any atom is 0.338 e. The summed E-state index contributed by atoms with van der Waals surface area (Å²) in [6.45, 7) is 8.68. The average molecular weight is 547 g/mol. The van der Waals surface area contributed by atoms with Gasteiger partial charge in [-0.15, -0.1) is 0 Å². The Balaban J connectivity index is 1.33. The molecule has 1 fully saturated rings. The predicted molar refractivity (Wildman–Crippen MR) is 153 cm³/mol. The molecule has 3 aliphatic rings. The van der Waals surface area contributed by atoms with E-state index in [1.54, 1.807) is 0 Å². The van der Waals surface area contributed by atoms with Crippen LogP contribution in [-0.2, 0) is 25.7 Å². The van der Waals surface area contributed by atoms with Gasteiger partial charge in [-0.1, -0.05) is 71.9 Å². The molecule has 39 heavy (non-hydrogen) atoms. The van der Waals surface area contributed by atoms with E-state index < -0.39 is 12.0 Å². The first-order valence-electron chi connectivity index (χ1n) is 13.3. The molecule has 9 heteroatoms. The van der Waals surface area contributed by atoms with Crippen LogP contribution in [0.5, 0.6) is 0 Å². The third-order valence-electron chi connectivity index (χ3n) is 7.02. The Labute approximate surface area is 233 Å². The van der Waals surface area contributed by atoms with Crippen molar-refractivity contribution in [3.8, 4) is 0 Å². The molecule has 204 valence electrons. The van der Waals surface area contributed by atoms with Crippen LogP contribution < -0.4 is 5.32 Å². The van der Waals surface area contributed by atoms with E-state index in [1.165, 1.54) is 11.8 Å². The standard InChI is InChI=1S/C30H34N4O4S/c1-21-8-10-24(11-9-21)28-27(29(36)38-19-23-6-4-3-5-7-23)22(2)32-30-34(28)25(20-39-30)18-26(35)31-12-13-33-14-16-37-17-15-33/h3-11,20,28H,12-19H2,1-2H3,(H,31,35). The van der Waals surface area contributed by atoms with E-state index in [-0.39, 0.29) is 18.9 Å². The number of morpholine rings is 1. The lowest BCUT2D eigenvalue weighted by molar-refractivity contribution is -0.141. The summed E-state index contributed by atoms with van der Waals surface area (Å²) >= 11 is 1.48. The molecule has 0 bridgehead atoms. The first-order valence-corrected chi connectivity index (χ1v) is 14.2. The highest BCUT2D eigenvalue weighted by Gasteiger charge is 2.41. The molecule has 2 aromatic rings. The number of hydrogen-bond acceptors (Lipinski definition) is 8. The Morgan fingerprint density at radius 2 is 1.82 bits per heavy atom. The Morgan fingerprint density at radius 3 is 2.56 bits per heavy atom. The zero-order valence-corrected chi connectivity index (χ0v) is 23.2. The van der Waals surface area contributed by atoms with Gasteiger partial charge < -0.3 is 19.7 Å². The zero-order chi connectivity index (χ0) is 27.2. The molecular formula is C30H34N4O4S. The van der Waals surface area contributed by atoms with E-state index in [1.807, 2.05) is 78.8 Å². The van der Waals surface area contributed by atoms with Gasteiger partial charge in [0.15, 0.2) is 5.17 Å². The van der Waals surface area contributed by atoms with Crippen molar-refractivity contribution >= 4 is 28.8 Å². The number of carbonyl (C=O) groups is 2. The number of allylic oxidation sites excluding steroid dienone is 1. The van der Waals surface area contributed by atoms with Crippen molar-refractivity contribution in [3.05, 3.63) is 93.7 Å². The highest BCUT2D eigenvalue weighted by Crippen LogP contribution is 2.44. The fourth-order valence-corrected chi connectivity index (χ4v) is 5.87. The van der Waals surface area contributed by atoms with Crippen LogP contribution in [0.2, 0.25) is 0 Å². The molecule has 1 saturated heterocycles. The first kappa shape index (κ1) is 27.2. The Morgan fingerprint density at radius 1 is 1.08 bits per heavy atom. The number of nitrogens with zero attached hydrogens (tertiary/aromatic N) is 3. The lowest BCUT2D eigenvalue weighted by atomic mass is 9.93. The third kappa shape index (κ3) is 6.61. The normalized spacial score (nSPS) is 19.3. The van der Waals surface area contributed by atoms with Gasteiger partial charge in [0.25, 0.3) is 0 Å². The molecular weight excluding hydrogens is 512 g/mol. The topological polar surface area (TPSA) is 83.5 Å². The molecule has 0 saturated carbocycles. The molecule has 1 amide bonds. The number of carbonyl (C=O) groups excluding carboxylic acids is 2. The predicted octanol–water partition coefficient (Wildman–Crippen LogP) is 4.15. The smallest absolute Gasteiger partial charge is 0.338 e. The summed E-state index contributed by atoms with van der Waals surface area (Å²) in [4.78, 5) is 35.6. The van der Waals surface area contributed by atoms with Crippen molar-refractivity contribution in [2.24, 2.45) is 4.99 Å². The average Bonchev–Trinajstić information content (AvgIpc) is 3.34. The minimum Gasteiger partial charge on any atom is -0.457 e. The van der Waals surface area contributed by atoms with Crippen LogP contribution in [0.4, 0.5) is 0 Å². The summed E-state index contributed by atoms with van der Waals surface area (Å²) in [5.74, 6) is -0.463. The maximum absolute atomic E-state index is 13.5. The number of amides is 1. The molecule has 3 aliphatic heterocycles. The Bertz CT molecular complexity index is 1280. The van der Waals surface area contributed by atoms with Crippen molar-refractivity contribution in [1.29, 1.82) is 0 Å². The summed E-state index contributed by atoms with van der Waals surface area (Å²) in [5.41, 5.74) is 4.92. The van der Waals surface area contributed by atoms with Crippen LogP contribution >= 0.6 is 11.8 Å². The molecule has 3 heterocycles. The van der Waals surface area contributed by atoms with Gasteiger partial charge in [-0.2, -0.15) is 0 Å². The molecule has 0 aliphatic carbocycles. The monoisotopic (exact) mass is 546 g/mol. The molecule has 5 rings (SSSR count). The van der Waals surface area contributed by atoms with Gasteiger partial charge in [0, 0.05) is 31.9 Å². The van der Waals surface area contributed by atoms with Gasteiger partial charge >= 0.3 is 5.97 Å². The second-order valence-corrected chi connectivity index (χ2v) is 10.7. The number of aryl methyl sites for hydroxylation is 1. The SMILES string of the molecule is CC1=C(C(=O)OCc2ccccc2)C(c2ccc(C)cc2)N2C(CC(=O)NCCN3CCOCC3)=CSC2=N1. The molecule has 0 aromatic heterocycles. The number of amidine groups is 1. The second-order valence-electron chi connectivity index (χ2n) is 9.85. The number of aliphatic imine (C=N–C) groups is 1. The van der Waals surface area contributed by atoms with Crippen molar-refractivity contribution in [3.63, 3.8) is 0 Å². The highest BCUT2D eigenvalue weighted by atomic mass is 32.2. The summed E-state index contributed by atoms with van der Waals surface area (Å²) in [5, 5.41) is 5.78. The number of thioether (sulfide) groups is 1. The van der Waals surface area contributed by atoms with Gasteiger partial charge in [0.05, 0.1) is 36.9 Å². The van der Waals surface area contributed by atoms with E-state index >= 15 is 0 Å². The van der Waals surface area contributed by atoms with Gasteiger partial charge in [-0.05, 0) is 30.4 Å². The van der Waals surface area contributed by atoms with Crippen molar-refractivity contribution in [2.45, 2.75) is 32.9 Å². The van der Waals surface area contributed by atoms with Crippen LogP contribution in [0.15, 0.2) is 82.0 Å². The molecule has 1 atom stereocenters. The van der Waals surface area contributed by atoms with Gasteiger partial charge in [0.2, 0.25) is 5.91 Å². The quantitative estimate of drug-likeness (QED) is 0.473. The number of fused-ring (bicyclic) bond motifs is 1. The van der Waals surface area contributed by atoms with Gasteiger partial charge in [0.1, 0.15) is 6.61 Å². The zero-order valence-electron chi connectivity index (χ0n) is 22.4.